The van der Waals surface area contributed by atoms with E-state index in [1.165, 1.54) is 0 Å². The number of methoxy groups -OCH3 is 1. The maximum atomic E-state index is 11.4. The number of carbonyl (C=O) groups is 1. The first-order valence-corrected chi connectivity index (χ1v) is 5.47. The lowest BCUT2D eigenvalue weighted by molar-refractivity contribution is 0.0467. The number of rotatable bonds is 5. The standard InChI is InChI=1S/C10H20ClNO3/c1-10(2,3)15-9(13)12-8(5-6-11)7-14-4/h8H,5-7H2,1-4H3,(H,12,13). The van der Waals surface area contributed by atoms with Crippen molar-refractivity contribution in [3.63, 3.8) is 0 Å². The van der Waals surface area contributed by atoms with Crippen LogP contribution in [0.25, 0.3) is 0 Å². The molecule has 5 heteroatoms. The van der Waals surface area contributed by atoms with Crippen LogP contribution in [0.3, 0.4) is 0 Å². The summed E-state index contributed by atoms with van der Waals surface area (Å²) in [6, 6.07) is -0.0950. The van der Waals surface area contributed by atoms with E-state index >= 15 is 0 Å². The molecule has 0 aliphatic heterocycles. The first-order chi connectivity index (χ1) is 6.89. The van der Waals surface area contributed by atoms with Crippen molar-refractivity contribution in [1.29, 1.82) is 0 Å². The van der Waals surface area contributed by atoms with Gasteiger partial charge in [-0.25, -0.2) is 4.79 Å². The zero-order valence-electron chi connectivity index (χ0n) is 9.80. The number of amides is 1. The Morgan fingerprint density at radius 2 is 2.07 bits per heavy atom. The van der Waals surface area contributed by atoms with Crippen molar-refractivity contribution >= 4 is 17.7 Å². The van der Waals surface area contributed by atoms with Crippen molar-refractivity contribution < 1.29 is 14.3 Å². The lowest BCUT2D eigenvalue weighted by Gasteiger charge is -2.22. The van der Waals surface area contributed by atoms with Crippen LogP contribution >= 0.6 is 11.6 Å². The van der Waals surface area contributed by atoms with Gasteiger partial charge in [-0.05, 0) is 27.2 Å². The summed E-state index contributed by atoms with van der Waals surface area (Å²) in [5.41, 5.74) is -0.483. The van der Waals surface area contributed by atoms with Crippen LogP contribution in [0.5, 0.6) is 0 Å². The Hall–Kier alpha value is -0.480. The van der Waals surface area contributed by atoms with Crippen molar-refractivity contribution in [3.05, 3.63) is 0 Å². The summed E-state index contributed by atoms with van der Waals surface area (Å²) >= 11 is 5.60. The SMILES string of the molecule is COCC(CCCl)NC(=O)OC(C)(C)C. The third kappa shape index (κ3) is 8.51. The van der Waals surface area contributed by atoms with Crippen LogP contribution in [0.1, 0.15) is 27.2 Å². The Balaban J connectivity index is 3.99. The molecule has 1 amide bonds. The van der Waals surface area contributed by atoms with E-state index in [1.807, 2.05) is 20.8 Å². The number of alkyl carbamates (subject to hydrolysis) is 1. The lowest BCUT2D eigenvalue weighted by atomic mass is 10.2. The van der Waals surface area contributed by atoms with Crippen LogP contribution < -0.4 is 5.32 Å². The minimum atomic E-state index is -0.483. The summed E-state index contributed by atoms with van der Waals surface area (Å²) in [6.07, 6.45) is 0.226. The highest BCUT2D eigenvalue weighted by Gasteiger charge is 2.18. The van der Waals surface area contributed by atoms with Crippen molar-refractivity contribution in [1.82, 2.24) is 5.32 Å². The summed E-state index contributed by atoms with van der Waals surface area (Å²) in [4.78, 5) is 11.4. The Bertz CT molecular complexity index is 186. The number of ether oxygens (including phenoxy) is 2. The molecule has 1 atom stereocenters. The van der Waals surface area contributed by atoms with Gasteiger partial charge in [0.15, 0.2) is 0 Å². The van der Waals surface area contributed by atoms with Crippen molar-refractivity contribution in [3.8, 4) is 0 Å². The second kappa shape index (κ2) is 6.90. The number of hydrogen-bond acceptors (Lipinski definition) is 3. The predicted molar refractivity (Wildman–Crippen MR) is 60.4 cm³/mol. The van der Waals surface area contributed by atoms with E-state index in [4.69, 9.17) is 21.1 Å². The first-order valence-electron chi connectivity index (χ1n) is 4.93. The summed E-state index contributed by atoms with van der Waals surface area (Å²) < 4.78 is 10.1. The van der Waals surface area contributed by atoms with Gasteiger partial charge >= 0.3 is 6.09 Å². The molecule has 1 N–H and O–H groups in total. The summed E-state index contributed by atoms with van der Waals surface area (Å²) in [7, 11) is 1.58. The van der Waals surface area contributed by atoms with Crippen LogP contribution in [0.2, 0.25) is 0 Å². The van der Waals surface area contributed by atoms with Gasteiger partial charge in [-0.1, -0.05) is 0 Å². The zero-order chi connectivity index (χ0) is 11.9. The number of halogens is 1. The van der Waals surface area contributed by atoms with Gasteiger partial charge in [-0.3, -0.25) is 0 Å². The van der Waals surface area contributed by atoms with Crippen molar-refractivity contribution in [2.75, 3.05) is 19.6 Å². The van der Waals surface area contributed by atoms with E-state index in [9.17, 15) is 4.79 Å². The van der Waals surface area contributed by atoms with Crippen LogP contribution in [0.4, 0.5) is 4.79 Å². The van der Waals surface area contributed by atoms with Crippen LogP contribution in [0, 0.1) is 0 Å². The quantitative estimate of drug-likeness (QED) is 0.746. The van der Waals surface area contributed by atoms with Gasteiger partial charge in [-0.2, -0.15) is 0 Å². The van der Waals surface area contributed by atoms with Crippen molar-refractivity contribution in [2.24, 2.45) is 0 Å². The average molecular weight is 238 g/mol. The number of carbonyl (C=O) groups excluding carboxylic acids is 1. The molecule has 0 spiro atoms. The van der Waals surface area contributed by atoms with E-state index < -0.39 is 11.7 Å². The molecule has 0 fully saturated rings. The molecule has 0 aromatic rings. The fraction of sp³-hybridized carbons (Fsp3) is 0.900. The first kappa shape index (κ1) is 14.5. The van der Waals surface area contributed by atoms with Crippen LogP contribution in [-0.4, -0.2) is 37.3 Å². The number of hydrogen-bond donors (Lipinski definition) is 1. The summed E-state index contributed by atoms with van der Waals surface area (Å²) in [6.45, 7) is 5.89. The van der Waals surface area contributed by atoms with Crippen LogP contribution in [0.15, 0.2) is 0 Å². The maximum Gasteiger partial charge on any atom is 0.407 e. The van der Waals surface area contributed by atoms with Gasteiger partial charge in [-0.15, -0.1) is 11.6 Å². The summed E-state index contributed by atoms with van der Waals surface area (Å²) in [5.74, 6) is 0.476. The predicted octanol–water partition coefficient (Wildman–Crippen LogP) is 2.16. The molecular formula is C10H20ClNO3. The maximum absolute atomic E-state index is 11.4. The van der Waals surface area contributed by atoms with E-state index in [2.05, 4.69) is 5.32 Å². The van der Waals surface area contributed by atoms with E-state index in [0.29, 0.717) is 18.9 Å². The molecule has 0 bridgehead atoms. The van der Waals surface area contributed by atoms with Gasteiger partial charge in [0, 0.05) is 13.0 Å². The number of nitrogens with one attached hydrogen (secondary N) is 1. The largest absolute Gasteiger partial charge is 0.444 e. The molecule has 90 valence electrons. The van der Waals surface area contributed by atoms with Gasteiger partial charge in [0.1, 0.15) is 5.60 Å². The van der Waals surface area contributed by atoms with Crippen LogP contribution in [-0.2, 0) is 9.47 Å². The highest BCUT2D eigenvalue weighted by molar-refractivity contribution is 6.17. The molecule has 15 heavy (non-hydrogen) atoms. The molecule has 0 rings (SSSR count). The number of alkyl halides is 1. The van der Waals surface area contributed by atoms with Gasteiger partial charge in [0.05, 0.1) is 12.6 Å². The molecule has 4 nitrogen and oxygen atoms in total. The Labute approximate surface area is 96.3 Å². The monoisotopic (exact) mass is 237 g/mol. The second-order valence-electron chi connectivity index (χ2n) is 4.28. The molecule has 0 aromatic carbocycles. The highest BCUT2D eigenvalue weighted by Crippen LogP contribution is 2.07. The molecule has 0 aliphatic rings. The minimum absolute atomic E-state index is 0.0950. The summed E-state index contributed by atoms with van der Waals surface area (Å²) in [5, 5.41) is 2.70. The zero-order valence-corrected chi connectivity index (χ0v) is 10.6. The molecule has 0 aromatic heterocycles. The van der Waals surface area contributed by atoms with Gasteiger partial charge in [0.2, 0.25) is 0 Å². The Morgan fingerprint density at radius 1 is 1.47 bits per heavy atom. The normalized spacial score (nSPS) is 13.4. The van der Waals surface area contributed by atoms with E-state index in [1.54, 1.807) is 7.11 Å². The van der Waals surface area contributed by atoms with Crippen molar-refractivity contribution in [2.45, 2.75) is 38.8 Å². The minimum Gasteiger partial charge on any atom is -0.444 e. The smallest absolute Gasteiger partial charge is 0.407 e. The molecule has 1 unspecified atom stereocenters. The fourth-order valence-corrected chi connectivity index (χ4v) is 1.27. The molecule has 0 radical (unpaired) electrons. The van der Waals surface area contributed by atoms with Gasteiger partial charge < -0.3 is 14.8 Å². The highest BCUT2D eigenvalue weighted by atomic mass is 35.5. The third-order valence-electron chi connectivity index (χ3n) is 1.55. The molecular weight excluding hydrogens is 218 g/mol. The van der Waals surface area contributed by atoms with E-state index in [-0.39, 0.29) is 6.04 Å². The fourth-order valence-electron chi connectivity index (χ4n) is 1.00. The average Bonchev–Trinajstić information content (AvgIpc) is 2.00. The molecule has 0 saturated heterocycles. The molecule has 0 saturated carbocycles. The Kier molecular flexibility index (Phi) is 6.68. The molecule has 0 aliphatic carbocycles. The Morgan fingerprint density at radius 3 is 2.47 bits per heavy atom. The third-order valence-corrected chi connectivity index (χ3v) is 1.76. The second-order valence-corrected chi connectivity index (χ2v) is 4.65. The van der Waals surface area contributed by atoms with E-state index in [0.717, 1.165) is 0 Å². The lowest BCUT2D eigenvalue weighted by Crippen LogP contribution is -2.41. The van der Waals surface area contributed by atoms with Gasteiger partial charge in [0.25, 0.3) is 0 Å². The topological polar surface area (TPSA) is 47.6 Å². The molecule has 0 heterocycles.